The van der Waals surface area contributed by atoms with Crippen molar-refractivity contribution in [3.63, 3.8) is 0 Å². The molecule has 0 aliphatic rings. The maximum atomic E-state index is 12.6. The van der Waals surface area contributed by atoms with Crippen molar-refractivity contribution in [2.45, 2.75) is 25.9 Å². The molecule has 0 aliphatic heterocycles. The van der Waals surface area contributed by atoms with Crippen molar-refractivity contribution in [2.24, 2.45) is 0 Å². The summed E-state index contributed by atoms with van der Waals surface area (Å²) in [5.74, 6) is -0.232. The molecule has 1 amide bonds. The minimum absolute atomic E-state index is 0.148. The van der Waals surface area contributed by atoms with Gasteiger partial charge in [-0.2, -0.15) is 0 Å². The first-order chi connectivity index (χ1) is 8.61. The SMILES string of the molecule is CCCC(O)CNC(=O)COc1ccc(F)cc1. The van der Waals surface area contributed by atoms with Gasteiger partial charge in [-0.3, -0.25) is 4.79 Å². The Morgan fingerprint density at radius 2 is 2.11 bits per heavy atom. The number of halogens is 1. The molecule has 1 atom stereocenters. The normalized spacial score (nSPS) is 11.9. The number of benzene rings is 1. The number of aliphatic hydroxyl groups excluding tert-OH is 1. The summed E-state index contributed by atoms with van der Waals surface area (Å²) in [6.07, 6.45) is 0.993. The van der Waals surface area contributed by atoms with Crippen molar-refractivity contribution in [1.82, 2.24) is 5.32 Å². The second kappa shape index (κ2) is 7.66. The molecule has 0 aromatic heterocycles. The smallest absolute Gasteiger partial charge is 0.258 e. The van der Waals surface area contributed by atoms with Crippen LogP contribution in [0.15, 0.2) is 24.3 Å². The summed E-state index contributed by atoms with van der Waals surface area (Å²) in [6, 6.07) is 5.43. The van der Waals surface area contributed by atoms with Crippen LogP contribution in [0.3, 0.4) is 0 Å². The maximum absolute atomic E-state index is 12.6. The summed E-state index contributed by atoms with van der Waals surface area (Å²) in [5.41, 5.74) is 0. The predicted molar refractivity (Wildman–Crippen MR) is 65.8 cm³/mol. The highest BCUT2D eigenvalue weighted by Crippen LogP contribution is 2.10. The van der Waals surface area contributed by atoms with E-state index >= 15 is 0 Å². The number of aliphatic hydroxyl groups is 1. The number of ether oxygens (including phenoxy) is 1. The minimum Gasteiger partial charge on any atom is -0.484 e. The van der Waals surface area contributed by atoms with Crippen LogP contribution in [0, 0.1) is 5.82 Å². The Morgan fingerprint density at radius 3 is 2.72 bits per heavy atom. The fraction of sp³-hybridized carbons (Fsp3) is 0.462. The van der Waals surface area contributed by atoms with E-state index in [1.807, 2.05) is 6.92 Å². The molecule has 0 heterocycles. The van der Waals surface area contributed by atoms with Gasteiger partial charge in [0.15, 0.2) is 6.61 Å². The fourth-order valence-electron chi connectivity index (χ4n) is 1.40. The van der Waals surface area contributed by atoms with Gasteiger partial charge in [0.1, 0.15) is 11.6 Å². The van der Waals surface area contributed by atoms with E-state index in [1.54, 1.807) is 0 Å². The molecule has 1 aromatic carbocycles. The summed E-state index contributed by atoms with van der Waals surface area (Å²) < 4.78 is 17.8. The van der Waals surface area contributed by atoms with E-state index in [-0.39, 0.29) is 24.9 Å². The van der Waals surface area contributed by atoms with E-state index in [9.17, 15) is 14.3 Å². The van der Waals surface area contributed by atoms with Crippen molar-refractivity contribution in [1.29, 1.82) is 0 Å². The van der Waals surface area contributed by atoms with Gasteiger partial charge >= 0.3 is 0 Å². The minimum atomic E-state index is -0.523. The number of carbonyl (C=O) groups excluding carboxylic acids is 1. The third kappa shape index (κ3) is 5.63. The lowest BCUT2D eigenvalue weighted by Gasteiger charge is -2.11. The topological polar surface area (TPSA) is 58.6 Å². The summed E-state index contributed by atoms with van der Waals surface area (Å²) in [6.45, 7) is 2.03. The van der Waals surface area contributed by atoms with Crippen molar-refractivity contribution >= 4 is 5.91 Å². The third-order valence-corrected chi connectivity index (χ3v) is 2.34. The zero-order valence-corrected chi connectivity index (χ0v) is 10.4. The first kappa shape index (κ1) is 14.4. The Bertz CT molecular complexity index is 367. The Hall–Kier alpha value is -1.62. The average Bonchev–Trinajstić information content (AvgIpc) is 2.36. The Balaban J connectivity index is 2.22. The average molecular weight is 255 g/mol. The molecule has 0 saturated carbocycles. The number of hydrogen-bond acceptors (Lipinski definition) is 3. The van der Waals surface area contributed by atoms with Crippen LogP contribution in [0.2, 0.25) is 0 Å². The maximum Gasteiger partial charge on any atom is 0.258 e. The zero-order chi connectivity index (χ0) is 13.4. The number of carbonyl (C=O) groups is 1. The van der Waals surface area contributed by atoms with Gasteiger partial charge in [0, 0.05) is 6.54 Å². The van der Waals surface area contributed by atoms with Crippen LogP contribution in [0.25, 0.3) is 0 Å². The van der Waals surface area contributed by atoms with Gasteiger partial charge in [-0.25, -0.2) is 4.39 Å². The van der Waals surface area contributed by atoms with Gasteiger partial charge in [0.25, 0.3) is 5.91 Å². The molecule has 1 unspecified atom stereocenters. The summed E-state index contributed by atoms with van der Waals surface area (Å²) in [7, 11) is 0. The van der Waals surface area contributed by atoms with Crippen LogP contribution in [-0.4, -0.2) is 30.3 Å². The molecule has 2 N–H and O–H groups in total. The fourth-order valence-corrected chi connectivity index (χ4v) is 1.40. The molecule has 0 spiro atoms. The Kier molecular flexibility index (Phi) is 6.14. The van der Waals surface area contributed by atoms with Crippen molar-refractivity contribution in [3.05, 3.63) is 30.1 Å². The van der Waals surface area contributed by atoms with Gasteiger partial charge in [-0.05, 0) is 30.7 Å². The molecule has 0 radical (unpaired) electrons. The van der Waals surface area contributed by atoms with Crippen LogP contribution < -0.4 is 10.1 Å². The standard InChI is InChI=1S/C13H18FNO3/c1-2-3-11(16)8-15-13(17)9-18-12-6-4-10(14)5-7-12/h4-7,11,16H,2-3,8-9H2,1H3,(H,15,17). The van der Waals surface area contributed by atoms with Gasteiger partial charge in [0.05, 0.1) is 6.10 Å². The second-order valence-corrected chi connectivity index (χ2v) is 3.99. The lowest BCUT2D eigenvalue weighted by atomic mass is 10.2. The molecule has 18 heavy (non-hydrogen) atoms. The second-order valence-electron chi connectivity index (χ2n) is 3.99. The van der Waals surface area contributed by atoms with Crippen LogP contribution in [-0.2, 0) is 4.79 Å². The van der Waals surface area contributed by atoms with Gasteiger partial charge in [-0.1, -0.05) is 13.3 Å². The molecule has 0 bridgehead atoms. The highest BCUT2D eigenvalue weighted by molar-refractivity contribution is 5.77. The summed E-state index contributed by atoms with van der Waals surface area (Å²) in [5, 5.41) is 12.0. The molecule has 5 heteroatoms. The van der Waals surface area contributed by atoms with E-state index in [0.29, 0.717) is 12.2 Å². The molecule has 4 nitrogen and oxygen atoms in total. The zero-order valence-electron chi connectivity index (χ0n) is 10.4. The van der Waals surface area contributed by atoms with E-state index in [2.05, 4.69) is 5.32 Å². The van der Waals surface area contributed by atoms with Gasteiger partial charge < -0.3 is 15.2 Å². The van der Waals surface area contributed by atoms with Crippen molar-refractivity contribution in [2.75, 3.05) is 13.2 Å². The monoisotopic (exact) mass is 255 g/mol. The van der Waals surface area contributed by atoms with Crippen molar-refractivity contribution < 1.29 is 19.0 Å². The van der Waals surface area contributed by atoms with Crippen LogP contribution in [0.1, 0.15) is 19.8 Å². The summed E-state index contributed by atoms with van der Waals surface area (Å²) >= 11 is 0. The molecule has 0 saturated heterocycles. The van der Waals surface area contributed by atoms with Crippen molar-refractivity contribution in [3.8, 4) is 5.75 Å². The lowest BCUT2D eigenvalue weighted by molar-refractivity contribution is -0.123. The Morgan fingerprint density at radius 1 is 1.44 bits per heavy atom. The van der Waals surface area contributed by atoms with E-state index in [4.69, 9.17) is 4.74 Å². The molecule has 0 fully saturated rings. The first-order valence-corrected chi connectivity index (χ1v) is 5.95. The van der Waals surface area contributed by atoms with E-state index < -0.39 is 6.10 Å². The number of amides is 1. The van der Waals surface area contributed by atoms with E-state index in [0.717, 1.165) is 6.42 Å². The Labute approximate surface area is 106 Å². The van der Waals surface area contributed by atoms with Gasteiger partial charge in [0.2, 0.25) is 0 Å². The molecule has 0 aliphatic carbocycles. The van der Waals surface area contributed by atoms with Crippen LogP contribution in [0.5, 0.6) is 5.75 Å². The molecule has 1 aromatic rings. The predicted octanol–water partition coefficient (Wildman–Crippen LogP) is 1.48. The number of nitrogens with one attached hydrogen (secondary N) is 1. The largest absolute Gasteiger partial charge is 0.484 e. The molecular weight excluding hydrogens is 237 g/mol. The lowest BCUT2D eigenvalue weighted by Crippen LogP contribution is -2.35. The van der Waals surface area contributed by atoms with Gasteiger partial charge in [-0.15, -0.1) is 0 Å². The van der Waals surface area contributed by atoms with E-state index in [1.165, 1.54) is 24.3 Å². The number of rotatable bonds is 7. The summed E-state index contributed by atoms with van der Waals surface area (Å²) in [4.78, 5) is 11.4. The first-order valence-electron chi connectivity index (χ1n) is 5.95. The quantitative estimate of drug-likeness (QED) is 0.776. The highest BCUT2D eigenvalue weighted by Gasteiger charge is 2.06. The molecule has 100 valence electrons. The third-order valence-electron chi connectivity index (χ3n) is 2.34. The number of hydrogen-bond donors (Lipinski definition) is 2. The molecule has 1 rings (SSSR count). The van der Waals surface area contributed by atoms with Crippen LogP contribution >= 0.6 is 0 Å². The van der Waals surface area contributed by atoms with Crippen LogP contribution in [0.4, 0.5) is 4.39 Å². The highest BCUT2D eigenvalue weighted by atomic mass is 19.1. The molecular formula is C13H18FNO3.